The predicted octanol–water partition coefficient (Wildman–Crippen LogP) is 12.0. The third kappa shape index (κ3) is 7.31. The van der Waals surface area contributed by atoms with Crippen LogP contribution in [0.2, 0.25) is 0 Å². The van der Waals surface area contributed by atoms with Gasteiger partial charge in [0.2, 0.25) is 0 Å². The van der Waals surface area contributed by atoms with E-state index in [0.717, 1.165) is 11.4 Å². The number of hydrogen-bond acceptors (Lipinski definition) is 1. The molecule has 0 aliphatic heterocycles. The summed E-state index contributed by atoms with van der Waals surface area (Å²) in [6, 6.07) is 32.0. The van der Waals surface area contributed by atoms with Crippen LogP contribution in [0.1, 0.15) is 105 Å². The van der Waals surface area contributed by atoms with Crippen LogP contribution in [0.5, 0.6) is 0 Å². The molecule has 0 saturated heterocycles. The van der Waals surface area contributed by atoms with Gasteiger partial charge in [-0.05, 0) is 84.9 Å². The minimum absolute atomic E-state index is 0.0484. The van der Waals surface area contributed by atoms with Gasteiger partial charge in [0.1, 0.15) is 0 Å². The van der Waals surface area contributed by atoms with Gasteiger partial charge in [0.25, 0.3) is 0 Å². The van der Waals surface area contributed by atoms with Gasteiger partial charge >= 0.3 is 0 Å². The van der Waals surface area contributed by atoms with Gasteiger partial charge in [0.05, 0.1) is 0 Å². The zero-order chi connectivity index (χ0) is 30.4. The molecule has 4 rings (SSSR count). The standard InChI is InChI=1S/C40H51N/c1-37(2,3)30-16-13-27(14-17-30)28-15-22-36(41-34-20-18-31(19-21-34)38(4,5)6)35(25-28)29-23-32(39(7,8)9)26-33(24-29)40(10,11)12/h13-26,41H,1-12H3. The van der Waals surface area contributed by atoms with E-state index in [1.165, 1.54) is 44.5 Å². The molecule has 41 heavy (non-hydrogen) atoms. The quantitative estimate of drug-likeness (QED) is 0.269. The van der Waals surface area contributed by atoms with Crippen LogP contribution >= 0.6 is 0 Å². The van der Waals surface area contributed by atoms with E-state index in [0.29, 0.717) is 0 Å². The average Bonchev–Trinajstić information content (AvgIpc) is 2.87. The van der Waals surface area contributed by atoms with Gasteiger partial charge < -0.3 is 5.32 Å². The van der Waals surface area contributed by atoms with Gasteiger partial charge in [0, 0.05) is 16.9 Å². The zero-order valence-corrected chi connectivity index (χ0v) is 27.6. The predicted molar refractivity (Wildman–Crippen MR) is 182 cm³/mol. The van der Waals surface area contributed by atoms with Crippen LogP contribution < -0.4 is 5.32 Å². The summed E-state index contributed by atoms with van der Waals surface area (Å²) in [5.41, 5.74) is 12.9. The minimum Gasteiger partial charge on any atom is -0.355 e. The molecule has 0 heterocycles. The van der Waals surface area contributed by atoms with Crippen LogP contribution in [0.4, 0.5) is 11.4 Å². The van der Waals surface area contributed by atoms with Crippen LogP contribution in [0, 0.1) is 0 Å². The van der Waals surface area contributed by atoms with Crippen LogP contribution in [-0.2, 0) is 21.7 Å². The highest BCUT2D eigenvalue weighted by Gasteiger charge is 2.22. The van der Waals surface area contributed by atoms with Crippen molar-refractivity contribution in [2.75, 3.05) is 5.32 Å². The lowest BCUT2D eigenvalue weighted by molar-refractivity contribution is 0.569. The molecule has 0 aromatic heterocycles. The molecule has 1 nitrogen and oxygen atoms in total. The Morgan fingerprint density at radius 1 is 0.366 bits per heavy atom. The zero-order valence-electron chi connectivity index (χ0n) is 27.6. The molecule has 4 aromatic rings. The van der Waals surface area contributed by atoms with E-state index < -0.39 is 0 Å². The van der Waals surface area contributed by atoms with Crippen molar-refractivity contribution in [2.24, 2.45) is 0 Å². The highest BCUT2D eigenvalue weighted by Crippen LogP contribution is 2.40. The van der Waals surface area contributed by atoms with E-state index in [1.54, 1.807) is 0 Å². The second kappa shape index (κ2) is 10.8. The maximum Gasteiger partial charge on any atom is 0.0464 e. The topological polar surface area (TPSA) is 12.0 Å². The summed E-state index contributed by atoms with van der Waals surface area (Å²) in [6.07, 6.45) is 0. The van der Waals surface area contributed by atoms with Crippen LogP contribution in [0.15, 0.2) is 84.9 Å². The van der Waals surface area contributed by atoms with Gasteiger partial charge in [0.15, 0.2) is 0 Å². The molecule has 0 atom stereocenters. The van der Waals surface area contributed by atoms with Crippen molar-refractivity contribution in [1.29, 1.82) is 0 Å². The molecule has 0 saturated carbocycles. The van der Waals surface area contributed by atoms with E-state index >= 15 is 0 Å². The largest absolute Gasteiger partial charge is 0.355 e. The summed E-state index contributed by atoms with van der Waals surface area (Å²) in [5.74, 6) is 0. The summed E-state index contributed by atoms with van der Waals surface area (Å²) in [4.78, 5) is 0. The molecule has 0 amide bonds. The number of benzene rings is 4. The lowest BCUT2D eigenvalue weighted by atomic mass is 9.78. The first kappa shape index (κ1) is 30.6. The van der Waals surface area contributed by atoms with Crippen molar-refractivity contribution in [2.45, 2.75) is 105 Å². The summed E-state index contributed by atoms with van der Waals surface area (Å²) in [6.45, 7) is 27.4. The normalized spacial score (nSPS) is 12.9. The van der Waals surface area contributed by atoms with E-state index in [-0.39, 0.29) is 21.7 Å². The number of hydrogen-bond donors (Lipinski definition) is 1. The molecule has 0 unspecified atom stereocenters. The van der Waals surface area contributed by atoms with E-state index in [9.17, 15) is 0 Å². The van der Waals surface area contributed by atoms with E-state index in [2.05, 4.69) is 173 Å². The molecule has 0 spiro atoms. The summed E-state index contributed by atoms with van der Waals surface area (Å²) in [5, 5.41) is 3.77. The smallest absolute Gasteiger partial charge is 0.0464 e. The summed E-state index contributed by atoms with van der Waals surface area (Å²) < 4.78 is 0. The molecule has 216 valence electrons. The molecule has 4 aromatic carbocycles. The summed E-state index contributed by atoms with van der Waals surface area (Å²) in [7, 11) is 0. The second-order valence-electron chi connectivity index (χ2n) is 15.8. The Balaban J connectivity index is 1.88. The highest BCUT2D eigenvalue weighted by atomic mass is 14.9. The third-order valence-electron chi connectivity index (χ3n) is 8.11. The molecule has 0 aliphatic rings. The molecule has 1 N–H and O–H groups in total. The Labute approximate surface area is 250 Å². The van der Waals surface area contributed by atoms with Crippen molar-refractivity contribution in [1.82, 2.24) is 0 Å². The maximum absolute atomic E-state index is 3.77. The molecular formula is C40H51N. The van der Waals surface area contributed by atoms with Crippen molar-refractivity contribution >= 4 is 11.4 Å². The van der Waals surface area contributed by atoms with Gasteiger partial charge in [-0.25, -0.2) is 0 Å². The van der Waals surface area contributed by atoms with E-state index in [1.807, 2.05) is 0 Å². The Kier molecular flexibility index (Phi) is 8.09. The first-order valence-corrected chi connectivity index (χ1v) is 15.1. The van der Waals surface area contributed by atoms with Crippen LogP contribution in [-0.4, -0.2) is 0 Å². The monoisotopic (exact) mass is 545 g/mol. The fraction of sp³-hybridized carbons (Fsp3) is 0.400. The summed E-state index contributed by atoms with van der Waals surface area (Å²) >= 11 is 0. The average molecular weight is 546 g/mol. The van der Waals surface area contributed by atoms with Crippen LogP contribution in [0.3, 0.4) is 0 Å². The molecule has 0 bridgehead atoms. The van der Waals surface area contributed by atoms with Crippen molar-refractivity contribution in [3.63, 3.8) is 0 Å². The number of rotatable bonds is 4. The van der Waals surface area contributed by atoms with Crippen molar-refractivity contribution < 1.29 is 0 Å². The van der Waals surface area contributed by atoms with Gasteiger partial charge in [-0.1, -0.05) is 144 Å². The Bertz CT molecular complexity index is 1460. The Morgan fingerprint density at radius 2 is 0.780 bits per heavy atom. The molecule has 0 aliphatic carbocycles. The first-order valence-electron chi connectivity index (χ1n) is 15.1. The highest BCUT2D eigenvalue weighted by molar-refractivity contribution is 5.86. The van der Waals surface area contributed by atoms with Crippen LogP contribution in [0.25, 0.3) is 22.3 Å². The number of anilines is 2. The van der Waals surface area contributed by atoms with Crippen molar-refractivity contribution in [3.05, 3.63) is 107 Å². The minimum atomic E-state index is 0.0484. The second-order valence-corrected chi connectivity index (χ2v) is 15.8. The lowest BCUT2D eigenvalue weighted by Crippen LogP contribution is -2.16. The lowest BCUT2D eigenvalue weighted by Gasteiger charge is -2.27. The number of nitrogens with one attached hydrogen (secondary N) is 1. The molecule has 0 fully saturated rings. The Hall–Kier alpha value is -3.32. The Morgan fingerprint density at radius 3 is 1.22 bits per heavy atom. The SMILES string of the molecule is CC(C)(C)c1ccc(Nc2ccc(-c3ccc(C(C)(C)C)cc3)cc2-c2cc(C(C)(C)C)cc(C(C)(C)C)c2)cc1. The maximum atomic E-state index is 3.77. The fourth-order valence-electron chi connectivity index (χ4n) is 5.09. The molecule has 1 heteroatoms. The first-order chi connectivity index (χ1) is 18.8. The van der Waals surface area contributed by atoms with Gasteiger partial charge in [-0.2, -0.15) is 0 Å². The molecular weight excluding hydrogens is 494 g/mol. The fourth-order valence-corrected chi connectivity index (χ4v) is 5.09. The molecule has 0 radical (unpaired) electrons. The van der Waals surface area contributed by atoms with Gasteiger partial charge in [-0.3, -0.25) is 0 Å². The van der Waals surface area contributed by atoms with E-state index in [4.69, 9.17) is 0 Å². The van der Waals surface area contributed by atoms with Gasteiger partial charge in [-0.15, -0.1) is 0 Å². The third-order valence-corrected chi connectivity index (χ3v) is 8.11. The van der Waals surface area contributed by atoms with Crippen molar-refractivity contribution in [3.8, 4) is 22.3 Å².